The van der Waals surface area contributed by atoms with Crippen molar-refractivity contribution in [3.63, 3.8) is 0 Å². The highest BCUT2D eigenvalue weighted by atomic mass is 16.7. The number of hydrogen-bond donors (Lipinski definition) is 7. The van der Waals surface area contributed by atoms with Crippen LogP contribution in [0.4, 0.5) is 0 Å². The molecule has 2 aromatic rings. The summed E-state index contributed by atoms with van der Waals surface area (Å²) in [5, 5.41) is 68.2. The van der Waals surface area contributed by atoms with Gasteiger partial charge in [0.25, 0.3) is 0 Å². The summed E-state index contributed by atoms with van der Waals surface area (Å²) >= 11 is 0. The van der Waals surface area contributed by atoms with Crippen LogP contribution in [0.2, 0.25) is 0 Å². The molecular formula is C22H26O11. The van der Waals surface area contributed by atoms with E-state index in [0.29, 0.717) is 11.1 Å². The minimum Gasteiger partial charge on any atom is -0.504 e. The molecule has 0 radical (unpaired) electrons. The van der Waals surface area contributed by atoms with Crippen LogP contribution in [0.25, 0.3) is 0 Å². The zero-order chi connectivity index (χ0) is 24.1. The third kappa shape index (κ3) is 6.03. The lowest BCUT2D eigenvalue weighted by molar-refractivity contribution is -0.303. The largest absolute Gasteiger partial charge is 0.504 e. The van der Waals surface area contributed by atoms with Crippen LogP contribution in [0.5, 0.6) is 23.0 Å². The van der Waals surface area contributed by atoms with Gasteiger partial charge >= 0.3 is 5.97 Å². The van der Waals surface area contributed by atoms with Gasteiger partial charge in [0.1, 0.15) is 18.3 Å². The lowest BCUT2D eigenvalue weighted by atomic mass is 9.99. The van der Waals surface area contributed by atoms with Crippen LogP contribution in [0, 0.1) is 0 Å². The number of benzene rings is 2. The predicted octanol–water partition coefficient (Wildman–Crippen LogP) is -0.338. The van der Waals surface area contributed by atoms with Gasteiger partial charge < -0.3 is 50.0 Å². The number of carbonyl (C=O) groups excluding carboxylic acids is 1. The van der Waals surface area contributed by atoms with Crippen LogP contribution < -0.4 is 0 Å². The Bertz CT molecular complexity index is 961. The van der Waals surface area contributed by atoms with Crippen molar-refractivity contribution in [2.45, 2.75) is 43.5 Å². The monoisotopic (exact) mass is 466 g/mol. The van der Waals surface area contributed by atoms with Crippen LogP contribution >= 0.6 is 0 Å². The van der Waals surface area contributed by atoms with Crippen LogP contribution in [-0.4, -0.2) is 85.6 Å². The number of ether oxygens (including phenoxy) is 3. The van der Waals surface area contributed by atoms with E-state index in [0.717, 1.165) is 0 Å². The van der Waals surface area contributed by atoms with Gasteiger partial charge in [-0.1, -0.05) is 12.1 Å². The van der Waals surface area contributed by atoms with Crippen molar-refractivity contribution in [2.24, 2.45) is 0 Å². The molecule has 11 heteroatoms. The average Bonchev–Trinajstić information content (AvgIpc) is 2.78. The first-order valence-electron chi connectivity index (χ1n) is 10.1. The summed E-state index contributed by atoms with van der Waals surface area (Å²) in [4.78, 5) is 12.3. The Labute approximate surface area is 188 Å². The second-order valence-corrected chi connectivity index (χ2v) is 7.60. The van der Waals surface area contributed by atoms with Crippen molar-refractivity contribution in [1.29, 1.82) is 0 Å². The lowest BCUT2D eigenvalue weighted by Crippen LogP contribution is -2.60. The summed E-state index contributed by atoms with van der Waals surface area (Å²) in [7, 11) is 0. The second-order valence-electron chi connectivity index (χ2n) is 7.60. The summed E-state index contributed by atoms with van der Waals surface area (Å²) < 4.78 is 16.2. The van der Waals surface area contributed by atoms with Crippen LogP contribution in [0.3, 0.4) is 0 Å². The predicted molar refractivity (Wildman–Crippen MR) is 111 cm³/mol. The Morgan fingerprint density at radius 2 is 1.48 bits per heavy atom. The summed E-state index contributed by atoms with van der Waals surface area (Å²) in [5.41, 5.74) is 0.978. The molecule has 5 atom stereocenters. The van der Waals surface area contributed by atoms with Crippen molar-refractivity contribution < 1.29 is 54.8 Å². The molecule has 0 aromatic heterocycles. The molecule has 11 nitrogen and oxygen atoms in total. The highest BCUT2D eigenvalue weighted by Crippen LogP contribution is 2.28. The number of phenolic OH excluding ortho intramolecular Hbond substituents is 4. The van der Waals surface area contributed by atoms with Gasteiger partial charge in [-0.3, -0.25) is 4.79 Å². The van der Waals surface area contributed by atoms with E-state index < -0.39 is 49.0 Å². The molecule has 1 aliphatic heterocycles. The number of carbonyl (C=O) groups is 1. The minimum absolute atomic E-state index is 0.0195. The zero-order valence-corrected chi connectivity index (χ0v) is 17.4. The van der Waals surface area contributed by atoms with Crippen molar-refractivity contribution >= 4 is 5.97 Å². The summed E-state index contributed by atoms with van der Waals surface area (Å²) in [6.07, 6.45) is -7.08. The average molecular weight is 466 g/mol. The Morgan fingerprint density at radius 1 is 0.879 bits per heavy atom. The molecule has 1 heterocycles. The number of esters is 1. The van der Waals surface area contributed by atoms with Crippen molar-refractivity contribution in [3.05, 3.63) is 47.5 Å². The molecule has 0 spiro atoms. The number of aliphatic hydroxyl groups excluding tert-OH is 3. The molecule has 2 aromatic carbocycles. The van der Waals surface area contributed by atoms with E-state index >= 15 is 0 Å². The van der Waals surface area contributed by atoms with Crippen molar-refractivity contribution in [3.8, 4) is 23.0 Å². The molecule has 0 saturated carbocycles. The summed E-state index contributed by atoms with van der Waals surface area (Å²) in [6.45, 7) is -0.612. The third-order valence-corrected chi connectivity index (χ3v) is 5.19. The van der Waals surface area contributed by atoms with E-state index in [1.54, 1.807) is 6.07 Å². The maximum absolute atomic E-state index is 12.3. The molecular weight excluding hydrogens is 440 g/mol. The first-order chi connectivity index (χ1) is 15.7. The Kier molecular flexibility index (Phi) is 7.95. The van der Waals surface area contributed by atoms with Gasteiger partial charge in [-0.05, 0) is 41.8 Å². The number of rotatable bonds is 8. The summed E-state index contributed by atoms with van der Waals surface area (Å²) in [5.74, 6) is -2.12. The van der Waals surface area contributed by atoms with E-state index in [9.17, 15) is 40.5 Å². The summed E-state index contributed by atoms with van der Waals surface area (Å²) in [6, 6.07) is 8.04. The van der Waals surface area contributed by atoms with Gasteiger partial charge in [0.15, 0.2) is 35.4 Å². The fourth-order valence-corrected chi connectivity index (χ4v) is 3.39. The van der Waals surface area contributed by atoms with E-state index in [2.05, 4.69) is 0 Å². The second kappa shape index (κ2) is 10.7. The maximum Gasteiger partial charge on any atom is 0.310 e. The molecule has 0 aliphatic carbocycles. The SMILES string of the molecule is O=C(Cc1ccc(O)c(O)c1)O[C@H]1[C@H](O)[C@@H](O)[C@H](OCCc2ccc(O)c(O)c2)O[C@@H]1CO. The van der Waals surface area contributed by atoms with E-state index in [1.165, 1.54) is 30.3 Å². The van der Waals surface area contributed by atoms with Gasteiger partial charge in [-0.15, -0.1) is 0 Å². The number of phenols is 4. The van der Waals surface area contributed by atoms with Crippen LogP contribution in [0.1, 0.15) is 11.1 Å². The Hall–Kier alpha value is -3.09. The number of aromatic hydroxyl groups is 4. The standard InChI is InChI=1S/C22H26O11/c23-10-17-21(33-18(28)9-12-2-4-14(25)16(27)8-12)19(29)20(30)22(32-17)31-6-5-11-1-3-13(24)15(26)7-11/h1-4,7-8,17,19-27,29-30H,5-6,9-10H2/t17-,19-,20-,21-,22-/m1/s1. The Morgan fingerprint density at radius 3 is 2.09 bits per heavy atom. The van der Waals surface area contributed by atoms with Gasteiger partial charge in [0.2, 0.25) is 0 Å². The van der Waals surface area contributed by atoms with Crippen LogP contribution in [-0.2, 0) is 31.8 Å². The molecule has 180 valence electrons. The lowest BCUT2D eigenvalue weighted by Gasteiger charge is -2.41. The minimum atomic E-state index is -1.62. The highest BCUT2D eigenvalue weighted by Gasteiger charge is 2.47. The van der Waals surface area contributed by atoms with Gasteiger partial charge in [-0.25, -0.2) is 0 Å². The normalized spacial score (nSPS) is 25.0. The first kappa shape index (κ1) is 24.6. The molecule has 7 N–H and O–H groups in total. The van der Waals surface area contributed by atoms with Gasteiger partial charge in [0, 0.05) is 0 Å². The topological polar surface area (TPSA) is 186 Å². The quantitative estimate of drug-likeness (QED) is 0.199. The smallest absolute Gasteiger partial charge is 0.310 e. The van der Waals surface area contributed by atoms with E-state index in [4.69, 9.17) is 14.2 Å². The van der Waals surface area contributed by atoms with E-state index in [1.807, 2.05) is 0 Å². The molecule has 1 fully saturated rings. The molecule has 33 heavy (non-hydrogen) atoms. The fraction of sp³-hybridized carbons (Fsp3) is 0.409. The fourth-order valence-electron chi connectivity index (χ4n) is 3.39. The third-order valence-electron chi connectivity index (χ3n) is 5.19. The molecule has 0 amide bonds. The molecule has 1 aliphatic rings. The number of hydrogen-bond acceptors (Lipinski definition) is 11. The molecule has 0 unspecified atom stereocenters. The van der Waals surface area contributed by atoms with Crippen molar-refractivity contribution in [2.75, 3.05) is 13.2 Å². The highest BCUT2D eigenvalue weighted by molar-refractivity contribution is 5.73. The van der Waals surface area contributed by atoms with E-state index in [-0.39, 0.29) is 36.7 Å². The van der Waals surface area contributed by atoms with Gasteiger partial charge in [-0.2, -0.15) is 0 Å². The maximum atomic E-state index is 12.3. The Balaban J connectivity index is 1.56. The molecule has 1 saturated heterocycles. The number of aliphatic hydroxyl groups is 3. The van der Waals surface area contributed by atoms with Crippen LogP contribution in [0.15, 0.2) is 36.4 Å². The molecule has 0 bridgehead atoms. The van der Waals surface area contributed by atoms with Gasteiger partial charge in [0.05, 0.1) is 19.6 Å². The first-order valence-corrected chi connectivity index (χ1v) is 10.1. The van der Waals surface area contributed by atoms with Crippen molar-refractivity contribution in [1.82, 2.24) is 0 Å². The molecule has 3 rings (SSSR count). The zero-order valence-electron chi connectivity index (χ0n) is 17.4.